The first-order valence-corrected chi connectivity index (χ1v) is 9.92. The molecule has 7 nitrogen and oxygen atoms in total. The predicted molar refractivity (Wildman–Crippen MR) is 117 cm³/mol. The summed E-state index contributed by atoms with van der Waals surface area (Å²) in [7, 11) is 0. The number of hydrogen-bond acceptors (Lipinski definition) is 4. The van der Waals surface area contributed by atoms with E-state index in [4.69, 9.17) is 4.74 Å². The van der Waals surface area contributed by atoms with Crippen molar-refractivity contribution in [1.82, 2.24) is 20.8 Å². The molecule has 2 amide bonds. The molecule has 31 heavy (non-hydrogen) atoms. The molecule has 3 N–H and O–H groups in total. The summed E-state index contributed by atoms with van der Waals surface area (Å²) in [5.74, 6) is -0.360. The highest BCUT2D eigenvalue weighted by Crippen LogP contribution is 2.20. The van der Waals surface area contributed by atoms with E-state index in [1.807, 2.05) is 61.5 Å². The maximum absolute atomic E-state index is 12.3. The SMILES string of the molecule is C[C@@H](Oc1ccc(C(=O)NNC(=O)Cc2c[nH]c3ccccc23)cn1)c1ccccc1. The van der Waals surface area contributed by atoms with E-state index in [2.05, 4.69) is 20.8 Å². The van der Waals surface area contributed by atoms with Crippen molar-refractivity contribution in [2.45, 2.75) is 19.4 Å². The number of hydrazine groups is 1. The largest absolute Gasteiger partial charge is 0.470 e. The van der Waals surface area contributed by atoms with Gasteiger partial charge in [-0.2, -0.15) is 0 Å². The molecule has 4 aromatic rings. The molecule has 0 saturated heterocycles. The lowest BCUT2D eigenvalue weighted by atomic mass is 10.1. The summed E-state index contributed by atoms with van der Waals surface area (Å²) < 4.78 is 5.81. The number of aromatic amines is 1. The van der Waals surface area contributed by atoms with Crippen LogP contribution < -0.4 is 15.6 Å². The number of pyridine rings is 1. The molecule has 0 fully saturated rings. The summed E-state index contributed by atoms with van der Waals surface area (Å²) in [5.41, 5.74) is 8.02. The minimum Gasteiger partial charge on any atom is -0.470 e. The highest BCUT2D eigenvalue weighted by atomic mass is 16.5. The van der Waals surface area contributed by atoms with Gasteiger partial charge in [0.25, 0.3) is 5.91 Å². The maximum atomic E-state index is 12.3. The summed E-state index contributed by atoms with van der Waals surface area (Å²) in [6.45, 7) is 1.93. The van der Waals surface area contributed by atoms with Crippen LogP contribution in [0, 0.1) is 0 Å². The Morgan fingerprint density at radius 3 is 2.55 bits per heavy atom. The number of carbonyl (C=O) groups is 2. The van der Waals surface area contributed by atoms with Crippen molar-refractivity contribution in [2.24, 2.45) is 0 Å². The molecule has 0 unspecified atom stereocenters. The molecule has 0 aliphatic rings. The van der Waals surface area contributed by atoms with Crippen LogP contribution in [0.1, 0.15) is 34.5 Å². The molecule has 2 aromatic carbocycles. The fourth-order valence-corrected chi connectivity index (χ4v) is 3.25. The number of benzene rings is 2. The van der Waals surface area contributed by atoms with E-state index in [1.54, 1.807) is 18.3 Å². The molecule has 2 aromatic heterocycles. The predicted octanol–water partition coefficient (Wildman–Crippen LogP) is 3.71. The van der Waals surface area contributed by atoms with Crippen LogP contribution in [0.4, 0.5) is 0 Å². The van der Waals surface area contributed by atoms with E-state index < -0.39 is 5.91 Å². The standard InChI is InChI=1S/C24H22N4O3/c1-16(17-7-3-2-4-8-17)31-23-12-11-18(14-26-23)24(30)28-27-22(29)13-19-15-25-21-10-6-5-9-20(19)21/h2-12,14-16,25H,13H2,1H3,(H,27,29)(H,28,30)/t16-/m1/s1. The molecule has 1 atom stereocenters. The summed E-state index contributed by atoms with van der Waals surface area (Å²) in [4.78, 5) is 31.8. The van der Waals surface area contributed by atoms with Gasteiger partial charge < -0.3 is 9.72 Å². The van der Waals surface area contributed by atoms with Crippen LogP contribution in [-0.2, 0) is 11.2 Å². The maximum Gasteiger partial charge on any atom is 0.271 e. The molecule has 0 radical (unpaired) electrons. The van der Waals surface area contributed by atoms with Crippen LogP contribution in [0.5, 0.6) is 5.88 Å². The Morgan fingerprint density at radius 2 is 1.77 bits per heavy atom. The van der Waals surface area contributed by atoms with Crippen molar-refractivity contribution in [3.05, 3.63) is 95.8 Å². The van der Waals surface area contributed by atoms with E-state index in [0.29, 0.717) is 11.4 Å². The Kier molecular flexibility index (Phi) is 5.93. The lowest BCUT2D eigenvalue weighted by Crippen LogP contribution is -2.42. The molecule has 156 valence electrons. The average Bonchev–Trinajstić information content (AvgIpc) is 3.21. The van der Waals surface area contributed by atoms with E-state index in [1.165, 1.54) is 6.20 Å². The van der Waals surface area contributed by atoms with Gasteiger partial charge >= 0.3 is 0 Å². The van der Waals surface area contributed by atoms with Gasteiger partial charge in [0, 0.05) is 29.4 Å². The number of ether oxygens (including phenoxy) is 1. The molecule has 4 rings (SSSR count). The second-order valence-electron chi connectivity index (χ2n) is 7.09. The number of fused-ring (bicyclic) bond motifs is 1. The van der Waals surface area contributed by atoms with Gasteiger partial charge in [0.15, 0.2) is 0 Å². The van der Waals surface area contributed by atoms with Gasteiger partial charge in [-0.1, -0.05) is 48.5 Å². The molecule has 2 heterocycles. The lowest BCUT2D eigenvalue weighted by Gasteiger charge is -2.14. The van der Waals surface area contributed by atoms with E-state index >= 15 is 0 Å². The quantitative estimate of drug-likeness (QED) is 0.419. The summed E-state index contributed by atoms with van der Waals surface area (Å²) in [6, 6.07) is 20.8. The van der Waals surface area contributed by atoms with Gasteiger partial charge in [0.05, 0.1) is 12.0 Å². The number of nitrogens with zero attached hydrogens (tertiary/aromatic N) is 1. The molecule has 0 aliphatic heterocycles. The molecular formula is C24H22N4O3. The van der Waals surface area contributed by atoms with Crippen LogP contribution in [0.15, 0.2) is 79.1 Å². The highest BCUT2D eigenvalue weighted by Gasteiger charge is 2.12. The third-order valence-electron chi connectivity index (χ3n) is 4.91. The number of hydrogen-bond donors (Lipinski definition) is 3. The van der Waals surface area contributed by atoms with Crippen LogP contribution >= 0.6 is 0 Å². The fraction of sp³-hybridized carbons (Fsp3) is 0.125. The van der Waals surface area contributed by atoms with Crippen molar-refractivity contribution < 1.29 is 14.3 Å². The molecule has 0 saturated carbocycles. The van der Waals surface area contributed by atoms with Crippen molar-refractivity contribution in [2.75, 3.05) is 0 Å². The van der Waals surface area contributed by atoms with Crippen LogP contribution in [0.2, 0.25) is 0 Å². The monoisotopic (exact) mass is 414 g/mol. The first kappa shape index (κ1) is 20.2. The smallest absolute Gasteiger partial charge is 0.271 e. The minimum atomic E-state index is -0.456. The molecule has 0 spiro atoms. The molecule has 0 aliphatic carbocycles. The third kappa shape index (κ3) is 4.90. The molecule has 0 bridgehead atoms. The third-order valence-corrected chi connectivity index (χ3v) is 4.91. The topological polar surface area (TPSA) is 96.1 Å². The molecule has 7 heteroatoms. The average molecular weight is 414 g/mol. The van der Waals surface area contributed by atoms with Gasteiger partial charge in [0.2, 0.25) is 11.8 Å². The normalized spacial score (nSPS) is 11.6. The Hall–Kier alpha value is -4.13. The van der Waals surface area contributed by atoms with E-state index in [-0.39, 0.29) is 18.4 Å². The zero-order valence-corrected chi connectivity index (χ0v) is 17.0. The van der Waals surface area contributed by atoms with Crippen LogP contribution in [0.25, 0.3) is 10.9 Å². The van der Waals surface area contributed by atoms with Gasteiger partial charge in [-0.15, -0.1) is 0 Å². The summed E-state index contributed by atoms with van der Waals surface area (Å²) in [6.07, 6.45) is 3.18. The number of nitrogens with one attached hydrogen (secondary N) is 3. The van der Waals surface area contributed by atoms with Gasteiger partial charge in [-0.3, -0.25) is 20.4 Å². The second kappa shape index (κ2) is 9.13. The van der Waals surface area contributed by atoms with Gasteiger partial charge in [0.1, 0.15) is 6.10 Å². The summed E-state index contributed by atoms with van der Waals surface area (Å²) >= 11 is 0. The number of para-hydroxylation sites is 1. The molecular weight excluding hydrogens is 392 g/mol. The fourth-order valence-electron chi connectivity index (χ4n) is 3.25. The number of aromatic nitrogens is 2. The van der Waals surface area contributed by atoms with Crippen molar-refractivity contribution in [3.8, 4) is 5.88 Å². The zero-order chi connectivity index (χ0) is 21.6. The Morgan fingerprint density at radius 1 is 1.00 bits per heavy atom. The Balaban J connectivity index is 1.30. The second-order valence-corrected chi connectivity index (χ2v) is 7.09. The first-order valence-electron chi connectivity index (χ1n) is 9.92. The lowest BCUT2D eigenvalue weighted by molar-refractivity contribution is -0.121. The van der Waals surface area contributed by atoms with Crippen molar-refractivity contribution >= 4 is 22.7 Å². The first-order chi connectivity index (χ1) is 15.1. The van der Waals surface area contributed by atoms with Gasteiger partial charge in [-0.05, 0) is 30.2 Å². The van der Waals surface area contributed by atoms with Crippen molar-refractivity contribution in [3.63, 3.8) is 0 Å². The minimum absolute atomic E-state index is 0.146. The Bertz CT molecular complexity index is 1190. The number of carbonyl (C=O) groups excluding carboxylic acids is 2. The summed E-state index contributed by atoms with van der Waals surface area (Å²) in [5, 5.41) is 0.980. The Labute approximate surface area is 179 Å². The van der Waals surface area contributed by atoms with Crippen molar-refractivity contribution in [1.29, 1.82) is 0 Å². The number of amides is 2. The zero-order valence-electron chi connectivity index (χ0n) is 17.0. The van der Waals surface area contributed by atoms with Crippen LogP contribution in [-0.4, -0.2) is 21.8 Å². The number of rotatable bonds is 6. The highest BCUT2D eigenvalue weighted by molar-refractivity contribution is 5.96. The van der Waals surface area contributed by atoms with Gasteiger partial charge in [-0.25, -0.2) is 4.98 Å². The number of H-pyrrole nitrogens is 1. The van der Waals surface area contributed by atoms with E-state index in [0.717, 1.165) is 22.0 Å². The van der Waals surface area contributed by atoms with E-state index in [9.17, 15) is 9.59 Å². The van der Waals surface area contributed by atoms with Crippen LogP contribution in [0.3, 0.4) is 0 Å².